The van der Waals surface area contributed by atoms with Gasteiger partial charge in [0.25, 0.3) is 7.37 Å². The molecule has 11 rings (SSSR count). The maximum absolute atomic E-state index is 14.4. The number of nitrogens with zero attached hydrogens (tertiary/aromatic N) is 4. The molecule has 4 heterocycles. The number of fused-ring (bicyclic) bond motifs is 9. The van der Waals surface area contributed by atoms with Gasteiger partial charge >= 0.3 is 0 Å². The summed E-state index contributed by atoms with van der Waals surface area (Å²) in [5, 5.41) is 8.34. The zero-order valence-electron chi connectivity index (χ0n) is 30.6. The van der Waals surface area contributed by atoms with E-state index in [9.17, 15) is 4.57 Å². The number of hydrogen-bond donors (Lipinski definition) is 0. The van der Waals surface area contributed by atoms with E-state index in [1.165, 1.54) is 21.5 Å². The minimum atomic E-state index is -3.34. The maximum atomic E-state index is 14.4. The van der Waals surface area contributed by atoms with E-state index in [0.717, 1.165) is 61.1 Å². The molecule has 0 radical (unpaired) electrons. The summed E-state index contributed by atoms with van der Waals surface area (Å²) in [5.41, 5.74) is 8.88. The van der Waals surface area contributed by atoms with Gasteiger partial charge < -0.3 is 13.7 Å². The first-order chi connectivity index (χ1) is 27.6. The Bertz CT molecular complexity index is 3080. The topological polar surface area (TPSA) is 54.0 Å². The summed E-state index contributed by atoms with van der Waals surface area (Å²) in [6.07, 6.45) is 1.72. The molecule has 0 aliphatic carbocycles. The van der Waals surface area contributed by atoms with Crippen molar-refractivity contribution in [3.8, 4) is 17.2 Å². The fraction of sp³-hybridized carbons (Fsp3) is 0.0408. The van der Waals surface area contributed by atoms with Crippen molar-refractivity contribution in [1.29, 1.82) is 0 Å². The first-order valence-corrected chi connectivity index (χ1v) is 20.6. The molecule has 1 unspecified atom stereocenters. The highest BCUT2D eigenvalue weighted by atomic mass is 31.2. The molecule has 0 N–H and O–H groups in total. The van der Waals surface area contributed by atoms with Crippen molar-refractivity contribution in [1.82, 2.24) is 18.7 Å². The van der Waals surface area contributed by atoms with Crippen LogP contribution < -0.4 is 10.6 Å². The Balaban J connectivity index is 1.16. The molecule has 7 heteroatoms. The quantitative estimate of drug-likeness (QED) is 0.153. The summed E-state index contributed by atoms with van der Waals surface area (Å²) in [4.78, 5) is 5.00. The van der Waals surface area contributed by atoms with Gasteiger partial charge in [0.15, 0.2) is 0 Å². The van der Waals surface area contributed by atoms with Crippen molar-refractivity contribution in [2.24, 2.45) is 0 Å². The van der Waals surface area contributed by atoms with Crippen LogP contribution in [-0.4, -0.2) is 25.3 Å². The van der Waals surface area contributed by atoms with Gasteiger partial charge in [-0.25, -0.2) is 4.98 Å². The molecule has 0 spiro atoms. The molecule has 4 aromatic heterocycles. The van der Waals surface area contributed by atoms with E-state index in [2.05, 4.69) is 147 Å². The molecule has 56 heavy (non-hydrogen) atoms. The zero-order valence-corrected chi connectivity index (χ0v) is 31.5. The van der Waals surface area contributed by atoms with Crippen molar-refractivity contribution in [2.75, 3.05) is 6.61 Å². The summed E-state index contributed by atoms with van der Waals surface area (Å²) >= 11 is 0. The molecule has 0 fully saturated rings. The number of rotatable bonds is 7. The molecule has 0 bridgehead atoms. The van der Waals surface area contributed by atoms with Crippen LogP contribution in [-0.2, 0) is 9.09 Å². The predicted molar refractivity (Wildman–Crippen MR) is 232 cm³/mol. The standard InChI is InChI=1S/C49H35N4O2P/c1-2-55-56(54,35-14-4-3-5-15-35)36-26-29-49(50-32-36)53-47-27-24-33(51-43-20-10-6-16-37(43)38-17-7-11-21-44(38)51)30-41(47)42-31-34(25-28-48(42)53)52-45-22-12-8-18-39(45)40-19-9-13-23-46(40)52/h3-32H,2H2,1H3. The fourth-order valence-corrected chi connectivity index (χ4v) is 10.7. The molecule has 11 aromatic rings. The molecule has 268 valence electrons. The maximum Gasteiger partial charge on any atom is 0.262 e. The molecule has 6 nitrogen and oxygen atoms in total. The van der Waals surface area contributed by atoms with Gasteiger partial charge in [-0.05, 0) is 91.9 Å². The summed E-state index contributed by atoms with van der Waals surface area (Å²) in [5.74, 6) is 0.735. The highest BCUT2D eigenvalue weighted by Gasteiger charge is 2.29. The van der Waals surface area contributed by atoms with Crippen LogP contribution in [0.4, 0.5) is 0 Å². The van der Waals surface area contributed by atoms with Crippen LogP contribution in [0.3, 0.4) is 0 Å². The predicted octanol–water partition coefficient (Wildman–Crippen LogP) is 11.6. The minimum Gasteiger partial charge on any atom is -0.322 e. The second kappa shape index (κ2) is 12.7. The first-order valence-electron chi connectivity index (χ1n) is 18.9. The smallest absolute Gasteiger partial charge is 0.262 e. The molecule has 0 amide bonds. The van der Waals surface area contributed by atoms with Gasteiger partial charge in [-0.2, -0.15) is 0 Å². The van der Waals surface area contributed by atoms with Gasteiger partial charge in [0.05, 0.1) is 45.0 Å². The van der Waals surface area contributed by atoms with E-state index in [1.807, 2.05) is 49.4 Å². The summed E-state index contributed by atoms with van der Waals surface area (Å²) in [6, 6.07) is 61.2. The van der Waals surface area contributed by atoms with Crippen LogP contribution in [0.1, 0.15) is 6.92 Å². The summed E-state index contributed by atoms with van der Waals surface area (Å²) in [6.45, 7) is 2.19. The largest absolute Gasteiger partial charge is 0.322 e. The van der Waals surface area contributed by atoms with Gasteiger partial charge in [-0.1, -0.05) is 91.0 Å². The lowest BCUT2D eigenvalue weighted by Gasteiger charge is -2.18. The van der Waals surface area contributed by atoms with Gasteiger partial charge in [0.2, 0.25) is 0 Å². The zero-order chi connectivity index (χ0) is 37.4. The molecule has 1 atom stereocenters. The lowest BCUT2D eigenvalue weighted by molar-refractivity contribution is 0.348. The van der Waals surface area contributed by atoms with E-state index in [1.54, 1.807) is 6.20 Å². The van der Waals surface area contributed by atoms with Crippen LogP contribution in [0, 0.1) is 0 Å². The van der Waals surface area contributed by atoms with Gasteiger partial charge in [0, 0.05) is 55.2 Å². The Morgan fingerprint density at radius 3 is 1.30 bits per heavy atom. The molecule has 0 saturated heterocycles. The minimum absolute atomic E-state index is 0.323. The van der Waals surface area contributed by atoms with E-state index in [0.29, 0.717) is 17.2 Å². The molecule has 7 aromatic carbocycles. The number of benzene rings is 7. The van der Waals surface area contributed by atoms with Crippen molar-refractivity contribution < 1.29 is 9.09 Å². The normalized spacial score (nSPS) is 13.1. The average molecular weight is 743 g/mol. The lowest BCUT2D eigenvalue weighted by atomic mass is 10.1. The second-order valence-electron chi connectivity index (χ2n) is 14.2. The Morgan fingerprint density at radius 1 is 0.446 bits per heavy atom. The van der Waals surface area contributed by atoms with Crippen LogP contribution in [0.15, 0.2) is 182 Å². The van der Waals surface area contributed by atoms with Crippen molar-refractivity contribution in [3.05, 3.63) is 182 Å². The fourth-order valence-electron chi connectivity index (χ4n) is 8.71. The first kappa shape index (κ1) is 32.7. The molecule has 0 aliphatic heterocycles. The molecule has 0 saturated carbocycles. The van der Waals surface area contributed by atoms with Crippen molar-refractivity contribution >= 4 is 83.4 Å². The molecular formula is C49H35N4O2P. The monoisotopic (exact) mass is 742 g/mol. The average Bonchev–Trinajstić information content (AvgIpc) is 3.89. The second-order valence-corrected chi connectivity index (χ2v) is 16.6. The number of para-hydroxylation sites is 4. The van der Waals surface area contributed by atoms with Crippen LogP contribution in [0.25, 0.3) is 82.6 Å². The Morgan fingerprint density at radius 2 is 0.875 bits per heavy atom. The highest BCUT2D eigenvalue weighted by molar-refractivity contribution is 7.74. The van der Waals surface area contributed by atoms with E-state index in [4.69, 9.17) is 9.51 Å². The third-order valence-corrected chi connectivity index (χ3v) is 13.7. The number of hydrogen-bond acceptors (Lipinski definition) is 3. The van der Waals surface area contributed by atoms with Crippen molar-refractivity contribution in [2.45, 2.75) is 6.92 Å². The SMILES string of the molecule is CCOP(=O)(c1ccccc1)c1ccc(-n2c3ccc(-n4c5ccccc5c5ccccc54)cc3c3cc(-n4c5ccccc5c5ccccc54)ccc32)nc1. The Hall–Kier alpha value is -6.72. The van der Waals surface area contributed by atoms with Crippen LogP contribution in [0.2, 0.25) is 0 Å². The van der Waals surface area contributed by atoms with Gasteiger partial charge in [-0.15, -0.1) is 0 Å². The van der Waals surface area contributed by atoms with Gasteiger partial charge in [-0.3, -0.25) is 9.13 Å². The summed E-state index contributed by atoms with van der Waals surface area (Å²) in [7, 11) is -3.34. The number of pyridine rings is 1. The highest BCUT2D eigenvalue weighted by Crippen LogP contribution is 2.45. The van der Waals surface area contributed by atoms with Crippen LogP contribution in [0.5, 0.6) is 0 Å². The van der Waals surface area contributed by atoms with E-state index < -0.39 is 7.37 Å². The van der Waals surface area contributed by atoms with E-state index in [-0.39, 0.29) is 0 Å². The number of aromatic nitrogens is 4. The van der Waals surface area contributed by atoms with Crippen LogP contribution >= 0.6 is 7.37 Å². The lowest BCUT2D eigenvalue weighted by Crippen LogP contribution is -2.19. The van der Waals surface area contributed by atoms with Crippen molar-refractivity contribution in [3.63, 3.8) is 0 Å². The molecule has 0 aliphatic rings. The Kier molecular flexibility index (Phi) is 7.40. The summed E-state index contributed by atoms with van der Waals surface area (Å²) < 4.78 is 27.4. The molecular weight excluding hydrogens is 708 g/mol. The third kappa shape index (κ3) is 4.80. The third-order valence-electron chi connectivity index (χ3n) is 11.1. The van der Waals surface area contributed by atoms with E-state index >= 15 is 0 Å². The Labute approximate surface area is 322 Å². The van der Waals surface area contributed by atoms with Gasteiger partial charge in [0.1, 0.15) is 5.82 Å².